The van der Waals surface area contributed by atoms with Crippen LogP contribution in [0.5, 0.6) is 0 Å². The standard InChI is InChI=1S/C19H15N/c1-13-8-10-16(12-20)19-17(11-9-14(2)18(13)19)15-6-4-3-5-7-15/h3-11H,1-2H3. The molecule has 0 aliphatic heterocycles. The monoisotopic (exact) mass is 257 g/mol. The Morgan fingerprint density at radius 2 is 1.40 bits per heavy atom. The van der Waals surface area contributed by atoms with E-state index in [1.807, 2.05) is 30.3 Å². The van der Waals surface area contributed by atoms with E-state index >= 15 is 0 Å². The lowest BCUT2D eigenvalue weighted by molar-refractivity contribution is 1.44. The first kappa shape index (κ1) is 12.4. The summed E-state index contributed by atoms with van der Waals surface area (Å²) in [7, 11) is 0. The zero-order valence-corrected chi connectivity index (χ0v) is 11.6. The maximum Gasteiger partial charge on any atom is 0.0998 e. The van der Waals surface area contributed by atoms with Crippen molar-refractivity contribution < 1.29 is 0 Å². The highest BCUT2D eigenvalue weighted by atomic mass is 14.3. The van der Waals surface area contributed by atoms with Crippen molar-refractivity contribution in [1.29, 1.82) is 5.26 Å². The smallest absolute Gasteiger partial charge is 0.0998 e. The molecule has 3 aromatic carbocycles. The molecule has 3 rings (SSSR count). The normalized spacial score (nSPS) is 10.4. The van der Waals surface area contributed by atoms with E-state index in [1.165, 1.54) is 16.5 Å². The molecule has 1 heteroatoms. The Morgan fingerprint density at radius 3 is 2.05 bits per heavy atom. The second kappa shape index (κ2) is 4.83. The molecule has 3 aromatic rings. The number of hydrogen-bond acceptors (Lipinski definition) is 1. The van der Waals surface area contributed by atoms with E-state index in [-0.39, 0.29) is 0 Å². The van der Waals surface area contributed by atoms with Crippen molar-refractivity contribution in [2.75, 3.05) is 0 Å². The van der Waals surface area contributed by atoms with Gasteiger partial charge in [-0.2, -0.15) is 5.26 Å². The fourth-order valence-corrected chi connectivity index (χ4v) is 2.82. The van der Waals surface area contributed by atoms with Gasteiger partial charge in [0.25, 0.3) is 0 Å². The molecule has 20 heavy (non-hydrogen) atoms. The molecule has 96 valence electrons. The Balaban J connectivity index is 2.49. The highest BCUT2D eigenvalue weighted by Crippen LogP contribution is 2.34. The van der Waals surface area contributed by atoms with Gasteiger partial charge in [0.15, 0.2) is 0 Å². The van der Waals surface area contributed by atoms with Crippen LogP contribution in [0.15, 0.2) is 54.6 Å². The van der Waals surface area contributed by atoms with E-state index in [1.54, 1.807) is 0 Å². The van der Waals surface area contributed by atoms with Crippen molar-refractivity contribution in [1.82, 2.24) is 0 Å². The zero-order valence-electron chi connectivity index (χ0n) is 11.6. The molecule has 0 aromatic heterocycles. The van der Waals surface area contributed by atoms with E-state index in [4.69, 9.17) is 0 Å². The predicted octanol–water partition coefficient (Wildman–Crippen LogP) is 5.00. The van der Waals surface area contributed by atoms with Crippen molar-refractivity contribution in [2.24, 2.45) is 0 Å². The van der Waals surface area contributed by atoms with Gasteiger partial charge < -0.3 is 0 Å². The average molecular weight is 257 g/mol. The van der Waals surface area contributed by atoms with Crippen LogP contribution in [0.2, 0.25) is 0 Å². The maximum atomic E-state index is 9.44. The second-order valence-corrected chi connectivity index (χ2v) is 5.09. The lowest BCUT2D eigenvalue weighted by atomic mass is 9.90. The Labute approximate surface area is 119 Å². The van der Waals surface area contributed by atoms with E-state index in [2.05, 4.69) is 44.2 Å². The molecule has 0 unspecified atom stereocenters. The van der Waals surface area contributed by atoms with Crippen LogP contribution >= 0.6 is 0 Å². The number of nitriles is 1. The second-order valence-electron chi connectivity index (χ2n) is 5.09. The van der Waals surface area contributed by atoms with Crippen molar-refractivity contribution >= 4 is 10.8 Å². The number of benzene rings is 3. The Kier molecular flexibility index (Phi) is 3.00. The molecule has 0 aliphatic rings. The van der Waals surface area contributed by atoms with Crippen LogP contribution in [-0.2, 0) is 0 Å². The molecule has 0 fully saturated rings. The summed E-state index contributed by atoms with van der Waals surface area (Å²) in [5, 5.41) is 11.7. The van der Waals surface area contributed by atoms with Gasteiger partial charge in [-0.05, 0) is 47.6 Å². The largest absolute Gasteiger partial charge is 0.192 e. The van der Waals surface area contributed by atoms with Gasteiger partial charge in [-0.3, -0.25) is 0 Å². The molecule has 0 saturated heterocycles. The van der Waals surface area contributed by atoms with Crippen molar-refractivity contribution in [2.45, 2.75) is 13.8 Å². The topological polar surface area (TPSA) is 23.8 Å². The lowest BCUT2D eigenvalue weighted by Gasteiger charge is -2.13. The zero-order chi connectivity index (χ0) is 14.1. The van der Waals surface area contributed by atoms with Gasteiger partial charge in [-0.25, -0.2) is 0 Å². The van der Waals surface area contributed by atoms with E-state index in [9.17, 15) is 5.26 Å². The lowest BCUT2D eigenvalue weighted by Crippen LogP contribution is -1.91. The molecule has 0 aliphatic carbocycles. The average Bonchev–Trinajstić information content (AvgIpc) is 2.49. The number of aryl methyl sites for hydroxylation is 2. The predicted molar refractivity (Wildman–Crippen MR) is 83.6 cm³/mol. The molecule has 0 atom stereocenters. The van der Waals surface area contributed by atoms with Gasteiger partial charge in [-0.1, -0.05) is 48.5 Å². The third-order valence-electron chi connectivity index (χ3n) is 3.78. The van der Waals surface area contributed by atoms with Crippen LogP contribution in [0.4, 0.5) is 0 Å². The molecule has 0 radical (unpaired) electrons. The molecule has 0 saturated carbocycles. The maximum absolute atomic E-state index is 9.44. The minimum absolute atomic E-state index is 0.744. The third kappa shape index (κ3) is 1.87. The minimum atomic E-state index is 0.744. The Hall–Kier alpha value is -2.59. The molecule has 0 bridgehead atoms. The number of rotatable bonds is 1. The van der Waals surface area contributed by atoms with Gasteiger partial charge in [0.1, 0.15) is 0 Å². The first-order valence-corrected chi connectivity index (χ1v) is 6.71. The fraction of sp³-hybridized carbons (Fsp3) is 0.105. The molecule has 0 spiro atoms. The quantitative estimate of drug-likeness (QED) is 0.602. The van der Waals surface area contributed by atoms with Gasteiger partial charge in [0.05, 0.1) is 11.6 Å². The van der Waals surface area contributed by atoms with Crippen LogP contribution in [-0.4, -0.2) is 0 Å². The Morgan fingerprint density at radius 1 is 0.750 bits per heavy atom. The van der Waals surface area contributed by atoms with Gasteiger partial charge in [0, 0.05) is 5.39 Å². The van der Waals surface area contributed by atoms with Gasteiger partial charge in [0.2, 0.25) is 0 Å². The van der Waals surface area contributed by atoms with Crippen molar-refractivity contribution in [3.63, 3.8) is 0 Å². The van der Waals surface area contributed by atoms with Crippen molar-refractivity contribution in [3.05, 3.63) is 71.3 Å². The third-order valence-corrected chi connectivity index (χ3v) is 3.78. The molecule has 0 amide bonds. The van der Waals surface area contributed by atoms with E-state index in [0.29, 0.717) is 0 Å². The first-order chi connectivity index (χ1) is 9.72. The van der Waals surface area contributed by atoms with Gasteiger partial charge in [-0.15, -0.1) is 0 Å². The Bertz CT molecular complexity index is 815. The molecule has 1 nitrogen and oxygen atoms in total. The van der Waals surface area contributed by atoms with E-state index in [0.717, 1.165) is 22.1 Å². The summed E-state index contributed by atoms with van der Waals surface area (Å²) in [4.78, 5) is 0. The summed E-state index contributed by atoms with van der Waals surface area (Å²) < 4.78 is 0. The van der Waals surface area contributed by atoms with Crippen LogP contribution in [0.1, 0.15) is 16.7 Å². The first-order valence-electron chi connectivity index (χ1n) is 6.71. The highest BCUT2D eigenvalue weighted by molar-refractivity contribution is 6.03. The van der Waals surface area contributed by atoms with Crippen LogP contribution in [0.3, 0.4) is 0 Å². The SMILES string of the molecule is Cc1ccc(C#N)c2c(-c3ccccc3)ccc(C)c12. The number of hydrogen-bond donors (Lipinski definition) is 0. The summed E-state index contributed by atoms with van der Waals surface area (Å²) in [6.45, 7) is 4.20. The van der Waals surface area contributed by atoms with E-state index < -0.39 is 0 Å². The van der Waals surface area contributed by atoms with Crippen LogP contribution < -0.4 is 0 Å². The summed E-state index contributed by atoms with van der Waals surface area (Å²) in [6, 6.07) is 20.8. The van der Waals surface area contributed by atoms with Gasteiger partial charge >= 0.3 is 0 Å². The number of fused-ring (bicyclic) bond motifs is 1. The molecule has 0 N–H and O–H groups in total. The molecular weight excluding hydrogens is 242 g/mol. The van der Waals surface area contributed by atoms with Crippen LogP contribution in [0.25, 0.3) is 21.9 Å². The number of nitrogens with zero attached hydrogens (tertiary/aromatic N) is 1. The molecule has 0 heterocycles. The summed E-state index contributed by atoms with van der Waals surface area (Å²) in [5.74, 6) is 0. The molecular formula is C19H15N. The van der Waals surface area contributed by atoms with Crippen LogP contribution in [0, 0.1) is 25.2 Å². The van der Waals surface area contributed by atoms with Crippen molar-refractivity contribution in [3.8, 4) is 17.2 Å². The summed E-state index contributed by atoms with van der Waals surface area (Å²) >= 11 is 0. The summed E-state index contributed by atoms with van der Waals surface area (Å²) in [6.07, 6.45) is 0. The highest BCUT2D eigenvalue weighted by Gasteiger charge is 2.11. The summed E-state index contributed by atoms with van der Waals surface area (Å²) in [5.41, 5.74) is 5.46. The fourth-order valence-electron chi connectivity index (χ4n) is 2.82. The minimum Gasteiger partial charge on any atom is -0.192 e.